The number of likely N-dealkylation sites (tertiary alicyclic amines) is 1. The van der Waals surface area contributed by atoms with Gasteiger partial charge in [-0.05, 0) is 67.7 Å². The largest absolute Gasteiger partial charge is 0.490 e. The highest BCUT2D eigenvalue weighted by Crippen LogP contribution is 2.44. The van der Waals surface area contributed by atoms with Crippen molar-refractivity contribution in [2.45, 2.75) is 37.9 Å². The SMILES string of the molecule is Cc1ccc2nc(-c3ccc(CN4CCC5(CC4)CNc4ccccc45)cc3)c(-c3ccccc3)nc2c1.O=C(O)C(F)(F)F. The lowest BCUT2D eigenvalue weighted by atomic mass is 9.74. The van der Waals surface area contributed by atoms with Crippen molar-refractivity contribution in [3.05, 3.63) is 114 Å². The number of anilines is 1. The number of benzene rings is 4. The Kier molecular flexibility index (Phi) is 8.29. The van der Waals surface area contributed by atoms with E-state index in [-0.39, 0.29) is 0 Å². The van der Waals surface area contributed by atoms with Gasteiger partial charge in [0.15, 0.2) is 0 Å². The maximum absolute atomic E-state index is 10.6. The van der Waals surface area contributed by atoms with Gasteiger partial charge in [0.1, 0.15) is 0 Å². The summed E-state index contributed by atoms with van der Waals surface area (Å²) in [7, 11) is 0. The number of carboxylic acids is 1. The number of aromatic nitrogens is 2. The van der Waals surface area contributed by atoms with Crippen molar-refractivity contribution in [3.63, 3.8) is 0 Å². The fraction of sp³-hybridized carbons (Fsp3) is 0.250. The molecule has 1 fully saturated rings. The molecular formula is C36H33F3N4O2. The molecule has 0 aliphatic carbocycles. The Labute approximate surface area is 259 Å². The first kappa shape index (κ1) is 30.3. The zero-order chi connectivity index (χ0) is 31.6. The second-order valence-corrected chi connectivity index (χ2v) is 11.7. The third-order valence-electron chi connectivity index (χ3n) is 8.67. The molecule has 7 rings (SSSR count). The van der Waals surface area contributed by atoms with E-state index in [2.05, 4.69) is 108 Å². The van der Waals surface area contributed by atoms with Crippen molar-refractivity contribution in [2.75, 3.05) is 25.0 Å². The van der Waals surface area contributed by atoms with Crippen LogP contribution in [0.5, 0.6) is 0 Å². The quantitative estimate of drug-likeness (QED) is 0.216. The monoisotopic (exact) mass is 610 g/mol. The number of nitrogens with one attached hydrogen (secondary N) is 1. The summed E-state index contributed by atoms with van der Waals surface area (Å²) >= 11 is 0. The summed E-state index contributed by atoms with van der Waals surface area (Å²) in [6.45, 7) is 6.42. The van der Waals surface area contributed by atoms with E-state index >= 15 is 0 Å². The van der Waals surface area contributed by atoms with Crippen molar-refractivity contribution in [1.29, 1.82) is 0 Å². The predicted octanol–water partition coefficient (Wildman–Crippen LogP) is 7.86. The van der Waals surface area contributed by atoms with E-state index in [0.717, 1.165) is 59.7 Å². The number of halogens is 3. The molecule has 0 radical (unpaired) electrons. The number of hydrogen-bond acceptors (Lipinski definition) is 5. The lowest BCUT2D eigenvalue weighted by molar-refractivity contribution is -0.192. The van der Waals surface area contributed by atoms with Crippen molar-refractivity contribution in [3.8, 4) is 22.5 Å². The standard InChI is InChI=1S/C34H32N4.C2HF3O2/c1-24-11-16-30-31(21-24)37-32(26-7-3-2-4-8-26)33(36-30)27-14-12-25(13-15-27)22-38-19-17-34(18-20-38)23-35-29-10-6-5-9-28(29)34;3-2(4,5)1(6)7/h2-16,21,35H,17-20,22-23H2,1H3;(H,6,7). The number of rotatable bonds is 4. The maximum Gasteiger partial charge on any atom is 0.490 e. The molecule has 1 saturated heterocycles. The summed E-state index contributed by atoms with van der Waals surface area (Å²) in [4.78, 5) is 21.7. The van der Waals surface area contributed by atoms with Gasteiger partial charge < -0.3 is 10.4 Å². The maximum atomic E-state index is 10.6. The second kappa shape index (κ2) is 12.3. The number of nitrogens with zero attached hydrogens (tertiary/aromatic N) is 3. The summed E-state index contributed by atoms with van der Waals surface area (Å²) in [5.74, 6) is -2.76. The van der Waals surface area contributed by atoms with Gasteiger partial charge in [0.25, 0.3) is 0 Å². The summed E-state index contributed by atoms with van der Waals surface area (Å²) in [5.41, 5.74) is 11.6. The first-order chi connectivity index (χ1) is 21.6. The van der Waals surface area contributed by atoms with E-state index in [0.29, 0.717) is 5.41 Å². The van der Waals surface area contributed by atoms with Gasteiger partial charge in [0.05, 0.1) is 22.4 Å². The molecule has 1 spiro atoms. The molecule has 6 nitrogen and oxygen atoms in total. The lowest BCUT2D eigenvalue weighted by Gasteiger charge is -2.39. The van der Waals surface area contributed by atoms with Crippen LogP contribution in [0.1, 0.15) is 29.5 Å². The summed E-state index contributed by atoms with van der Waals surface area (Å²) in [6.07, 6.45) is -2.66. The first-order valence-electron chi connectivity index (χ1n) is 14.9. The fourth-order valence-electron chi connectivity index (χ4n) is 6.23. The van der Waals surface area contributed by atoms with Crippen LogP contribution in [0.3, 0.4) is 0 Å². The molecule has 1 aromatic heterocycles. The Balaban J connectivity index is 0.000000460. The Bertz CT molecular complexity index is 1820. The number of aliphatic carboxylic acids is 1. The number of aryl methyl sites for hydroxylation is 1. The van der Waals surface area contributed by atoms with Crippen LogP contribution in [0, 0.1) is 6.92 Å². The van der Waals surface area contributed by atoms with Crippen molar-refractivity contribution < 1.29 is 23.1 Å². The van der Waals surface area contributed by atoms with Gasteiger partial charge in [0.2, 0.25) is 0 Å². The van der Waals surface area contributed by atoms with Crippen LogP contribution in [0.2, 0.25) is 0 Å². The smallest absolute Gasteiger partial charge is 0.475 e. The minimum Gasteiger partial charge on any atom is -0.475 e. The minimum absolute atomic E-state index is 0.304. The topological polar surface area (TPSA) is 78.4 Å². The van der Waals surface area contributed by atoms with Gasteiger partial charge in [-0.1, -0.05) is 78.9 Å². The van der Waals surface area contributed by atoms with Gasteiger partial charge in [-0.15, -0.1) is 0 Å². The zero-order valence-corrected chi connectivity index (χ0v) is 24.8. The Morgan fingerprint density at radius 3 is 2.11 bits per heavy atom. The normalized spacial score (nSPS) is 15.6. The lowest BCUT2D eigenvalue weighted by Crippen LogP contribution is -2.43. The van der Waals surface area contributed by atoms with Crippen LogP contribution in [0.25, 0.3) is 33.5 Å². The number of para-hydroxylation sites is 1. The Hall–Kier alpha value is -4.76. The van der Waals surface area contributed by atoms with Crippen LogP contribution in [-0.2, 0) is 16.8 Å². The van der Waals surface area contributed by atoms with Crippen LogP contribution in [0.15, 0.2) is 97.1 Å². The third-order valence-corrected chi connectivity index (χ3v) is 8.67. The predicted molar refractivity (Wildman–Crippen MR) is 170 cm³/mol. The average Bonchev–Trinajstić information content (AvgIpc) is 3.40. The van der Waals surface area contributed by atoms with Gasteiger partial charge in [-0.2, -0.15) is 13.2 Å². The van der Waals surface area contributed by atoms with Gasteiger partial charge in [-0.25, -0.2) is 14.8 Å². The molecule has 2 N–H and O–H groups in total. The van der Waals surface area contributed by atoms with Crippen LogP contribution in [0.4, 0.5) is 18.9 Å². The van der Waals surface area contributed by atoms with Gasteiger partial charge in [-0.3, -0.25) is 4.90 Å². The summed E-state index contributed by atoms with van der Waals surface area (Å²) < 4.78 is 31.7. The highest BCUT2D eigenvalue weighted by Gasteiger charge is 2.41. The van der Waals surface area contributed by atoms with Crippen LogP contribution in [-0.4, -0.2) is 51.8 Å². The molecule has 2 aliphatic rings. The molecular weight excluding hydrogens is 577 g/mol. The van der Waals surface area contributed by atoms with Crippen LogP contribution < -0.4 is 5.32 Å². The molecule has 0 atom stereocenters. The molecule has 0 unspecified atom stereocenters. The number of alkyl halides is 3. The molecule has 0 saturated carbocycles. The molecule has 230 valence electrons. The Morgan fingerprint density at radius 1 is 0.844 bits per heavy atom. The average molecular weight is 611 g/mol. The van der Waals surface area contributed by atoms with E-state index in [1.165, 1.54) is 35.2 Å². The fourth-order valence-corrected chi connectivity index (χ4v) is 6.23. The van der Waals surface area contributed by atoms with Crippen molar-refractivity contribution in [1.82, 2.24) is 14.9 Å². The van der Waals surface area contributed by atoms with Gasteiger partial charge in [0, 0.05) is 35.3 Å². The van der Waals surface area contributed by atoms with Crippen molar-refractivity contribution >= 4 is 22.7 Å². The molecule has 4 aromatic carbocycles. The number of carboxylic acid groups (broad SMARTS) is 1. The third kappa shape index (κ3) is 6.54. The molecule has 3 heterocycles. The highest BCUT2D eigenvalue weighted by molar-refractivity contribution is 5.86. The van der Waals surface area contributed by atoms with Gasteiger partial charge >= 0.3 is 12.1 Å². The molecule has 45 heavy (non-hydrogen) atoms. The molecule has 0 amide bonds. The number of carbonyl (C=O) groups is 1. The molecule has 0 bridgehead atoms. The second-order valence-electron chi connectivity index (χ2n) is 11.7. The van der Waals surface area contributed by atoms with E-state index in [1.807, 2.05) is 6.07 Å². The van der Waals surface area contributed by atoms with Crippen LogP contribution >= 0.6 is 0 Å². The number of piperidine rings is 1. The van der Waals surface area contributed by atoms with Crippen molar-refractivity contribution in [2.24, 2.45) is 0 Å². The van der Waals surface area contributed by atoms with E-state index in [4.69, 9.17) is 19.9 Å². The van der Waals surface area contributed by atoms with E-state index in [1.54, 1.807) is 0 Å². The highest BCUT2D eigenvalue weighted by atomic mass is 19.4. The molecule has 2 aliphatic heterocycles. The molecule has 5 aromatic rings. The zero-order valence-electron chi connectivity index (χ0n) is 24.8. The summed E-state index contributed by atoms with van der Waals surface area (Å²) in [5, 5.41) is 10.8. The number of fused-ring (bicyclic) bond motifs is 3. The van der Waals surface area contributed by atoms with E-state index in [9.17, 15) is 13.2 Å². The summed E-state index contributed by atoms with van der Waals surface area (Å²) in [6, 6.07) is 34.5. The molecule has 9 heteroatoms. The van der Waals surface area contributed by atoms with E-state index < -0.39 is 12.1 Å². The Morgan fingerprint density at radius 2 is 1.44 bits per heavy atom. The first-order valence-corrected chi connectivity index (χ1v) is 14.9. The minimum atomic E-state index is -5.08. The number of hydrogen-bond donors (Lipinski definition) is 2.